The molecule has 2 aromatic carbocycles. The molecular weight excluding hydrogens is 397 g/mol. The Morgan fingerprint density at radius 2 is 1.83 bits per heavy atom. The minimum atomic E-state index is -3.65. The van der Waals surface area contributed by atoms with Crippen molar-refractivity contribution in [2.45, 2.75) is 37.7 Å². The molecule has 0 bridgehead atoms. The van der Waals surface area contributed by atoms with Crippen molar-refractivity contribution in [1.82, 2.24) is 4.31 Å². The lowest BCUT2D eigenvalue weighted by Crippen LogP contribution is -2.35. The van der Waals surface area contributed by atoms with E-state index in [-0.39, 0.29) is 22.8 Å². The Kier molecular flexibility index (Phi) is 6.54. The molecule has 0 radical (unpaired) electrons. The van der Waals surface area contributed by atoms with E-state index in [9.17, 15) is 17.6 Å². The number of halogens is 1. The molecule has 2 aromatic rings. The molecule has 1 heterocycles. The zero-order valence-electron chi connectivity index (χ0n) is 16.5. The lowest BCUT2D eigenvalue weighted by molar-refractivity contribution is 0.0471. The van der Waals surface area contributed by atoms with Gasteiger partial charge in [0.2, 0.25) is 10.0 Å². The molecule has 156 valence electrons. The van der Waals surface area contributed by atoms with Crippen LogP contribution >= 0.6 is 0 Å². The van der Waals surface area contributed by atoms with Crippen molar-refractivity contribution in [3.63, 3.8) is 0 Å². The van der Waals surface area contributed by atoms with Gasteiger partial charge in [0.15, 0.2) is 11.6 Å². The third kappa shape index (κ3) is 4.76. The second-order valence-corrected chi connectivity index (χ2v) is 8.92. The molecule has 0 aromatic heterocycles. The smallest absolute Gasteiger partial charge is 0.338 e. The van der Waals surface area contributed by atoms with E-state index in [1.54, 1.807) is 19.1 Å². The van der Waals surface area contributed by atoms with Crippen molar-refractivity contribution in [1.29, 1.82) is 0 Å². The highest BCUT2D eigenvalue weighted by molar-refractivity contribution is 7.89. The molecule has 1 aliphatic heterocycles. The van der Waals surface area contributed by atoms with Crippen molar-refractivity contribution in [3.8, 4) is 5.75 Å². The van der Waals surface area contributed by atoms with Gasteiger partial charge in [0.1, 0.15) is 6.61 Å². The Morgan fingerprint density at radius 3 is 2.48 bits per heavy atom. The number of rotatable bonds is 6. The van der Waals surface area contributed by atoms with E-state index in [4.69, 9.17) is 9.47 Å². The van der Waals surface area contributed by atoms with Crippen molar-refractivity contribution in [2.24, 2.45) is 0 Å². The molecule has 8 heteroatoms. The number of nitrogens with zero attached hydrogens (tertiary/aromatic N) is 1. The van der Waals surface area contributed by atoms with Crippen molar-refractivity contribution in [3.05, 3.63) is 58.9 Å². The van der Waals surface area contributed by atoms with E-state index in [1.165, 1.54) is 35.7 Å². The number of piperidine rings is 1. The van der Waals surface area contributed by atoms with Gasteiger partial charge in [0, 0.05) is 13.1 Å². The summed E-state index contributed by atoms with van der Waals surface area (Å²) in [5.74, 6) is -1.10. The molecule has 0 atom stereocenters. The molecule has 29 heavy (non-hydrogen) atoms. The number of carbonyl (C=O) groups is 1. The zero-order valence-corrected chi connectivity index (χ0v) is 17.3. The van der Waals surface area contributed by atoms with Gasteiger partial charge in [-0.25, -0.2) is 17.6 Å². The van der Waals surface area contributed by atoms with E-state index in [0.717, 1.165) is 19.3 Å². The number of esters is 1. The summed E-state index contributed by atoms with van der Waals surface area (Å²) < 4.78 is 51.1. The maximum Gasteiger partial charge on any atom is 0.338 e. The predicted octanol–water partition coefficient (Wildman–Crippen LogP) is 3.67. The van der Waals surface area contributed by atoms with Crippen LogP contribution in [0.3, 0.4) is 0 Å². The first kappa shape index (κ1) is 21.3. The summed E-state index contributed by atoms with van der Waals surface area (Å²) in [6.07, 6.45) is 2.68. The minimum absolute atomic E-state index is 0.0763. The van der Waals surface area contributed by atoms with Crippen LogP contribution in [0.1, 0.15) is 40.7 Å². The average Bonchev–Trinajstić information content (AvgIpc) is 2.73. The maximum atomic E-state index is 13.8. The third-order valence-electron chi connectivity index (χ3n) is 4.97. The van der Waals surface area contributed by atoms with Crippen LogP contribution in [0.15, 0.2) is 41.3 Å². The van der Waals surface area contributed by atoms with Crippen LogP contribution in [0.25, 0.3) is 0 Å². The SMILES string of the molecule is COc1ccc(COC(=O)c2cc(S(=O)(=O)N3CCCCC3)ccc2C)cc1F. The molecule has 0 spiro atoms. The molecule has 3 rings (SSSR count). The van der Waals surface area contributed by atoms with E-state index in [2.05, 4.69) is 0 Å². The Bertz CT molecular complexity index is 1000. The first-order valence-electron chi connectivity index (χ1n) is 9.43. The average molecular weight is 421 g/mol. The summed E-state index contributed by atoms with van der Waals surface area (Å²) in [6, 6.07) is 8.75. The number of aryl methyl sites for hydroxylation is 1. The van der Waals surface area contributed by atoms with Crippen LogP contribution in [0.2, 0.25) is 0 Å². The van der Waals surface area contributed by atoms with Gasteiger partial charge < -0.3 is 9.47 Å². The number of sulfonamides is 1. The van der Waals surface area contributed by atoms with E-state index >= 15 is 0 Å². The number of hydrogen-bond acceptors (Lipinski definition) is 5. The van der Waals surface area contributed by atoms with Gasteiger partial charge >= 0.3 is 5.97 Å². The van der Waals surface area contributed by atoms with Gasteiger partial charge in [-0.15, -0.1) is 0 Å². The Labute approximate surface area is 170 Å². The van der Waals surface area contributed by atoms with Gasteiger partial charge in [0.25, 0.3) is 0 Å². The first-order chi connectivity index (χ1) is 13.8. The van der Waals surface area contributed by atoms with Gasteiger partial charge in [-0.2, -0.15) is 4.31 Å². The third-order valence-corrected chi connectivity index (χ3v) is 6.86. The molecule has 0 amide bonds. The first-order valence-corrected chi connectivity index (χ1v) is 10.9. The fourth-order valence-electron chi connectivity index (χ4n) is 3.26. The fraction of sp³-hybridized carbons (Fsp3) is 0.381. The van der Waals surface area contributed by atoms with Crippen LogP contribution in [-0.4, -0.2) is 38.9 Å². The van der Waals surface area contributed by atoms with Gasteiger partial charge in [-0.1, -0.05) is 18.6 Å². The lowest BCUT2D eigenvalue weighted by atomic mass is 10.1. The summed E-state index contributed by atoms with van der Waals surface area (Å²) >= 11 is 0. The Morgan fingerprint density at radius 1 is 1.10 bits per heavy atom. The largest absolute Gasteiger partial charge is 0.494 e. The molecular formula is C21H24FNO5S. The van der Waals surface area contributed by atoms with Crippen LogP contribution in [-0.2, 0) is 21.4 Å². The molecule has 0 aliphatic carbocycles. The minimum Gasteiger partial charge on any atom is -0.494 e. The second-order valence-electron chi connectivity index (χ2n) is 6.99. The summed E-state index contributed by atoms with van der Waals surface area (Å²) in [4.78, 5) is 12.6. The Hall–Kier alpha value is -2.45. The number of methoxy groups -OCH3 is 1. The standard InChI is InChI=1S/C21H24FNO5S/c1-15-6-8-17(29(25,26)23-10-4-3-5-11-23)13-18(15)21(24)28-14-16-7-9-20(27-2)19(22)12-16/h6-9,12-13H,3-5,10-11,14H2,1-2H3. The monoisotopic (exact) mass is 421 g/mol. The highest BCUT2D eigenvalue weighted by Gasteiger charge is 2.27. The lowest BCUT2D eigenvalue weighted by Gasteiger charge is -2.26. The van der Waals surface area contributed by atoms with Crippen LogP contribution in [0.4, 0.5) is 4.39 Å². The van der Waals surface area contributed by atoms with E-state index < -0.39 is 21.8 Å². The van der Waals surface area contributed by atoms with Crippen molar-refractivity contribution < 1.29 is 27.1 Å². The zero-order chi connectivity index (χ0) is 21.0. The summed E-state index contributed by atoms with van der Waals surface area (Å²) in [6.45, 7) is 2.54. The van der Waals surface area contributed by atoms with Crippen molar-refractivity contribution in [2.75, 3.05) is 20.2 Å². The topological polar surface area (TPSA) is 72.9 Å². The predicted molar refractivity (Wildman–Crippen MR) is 106 cm³/mol. The fourth-order valence-corrected chi connectivity index (χ4v) is 4.81. The number of ether oxygens (including phenoxy) is 2. The highest BCUT2D eigenvalue weighted by Crippen LogP contribution is 2.24. The maximum absolute atomic E-state index is 13.8. The molecule has 1 saturated heterocycles. The Balaban J connectivity index is 1.77. The second kappa shape index (κ2) is 8.92. The molecule has 0 unspecified atom stereocenters. The van der Waals surface area contributed by atoms with E-state index in [0.29, 0.717) is 24.2 Å². The van der Waals surface area contributed by atoms with Crippen LogP contribution in [0, 0.1) is 12.7 Å². The molecule has 0 N–H and O–H groups in total. The summed E-state index contributed by atoms with van der Waals surface area (Å²) in [7, 11) is -2.29. The van der Waals surface area contributed by atoms with Crippen molar-refractivity contribution >= 4 is 16.0 Å². The van der Waals surface area contributed by atoms with Gasteiger partial charge in [0.05, 0.1) is 17.6 Å². The number of carbonyl (C=O) groups excluding carboxylic acids is 1. The number of benzene rings is 2. The molecule has 0 saturated carbocycles. The van der Waals surface area contributed by atoms with Gasteiger partial charge in [-0.05, 0) is 55.2 Å². The summed E-state index contributed by atoms with van der Waals surface area (Å²) in [5.41, 5.74) is 1.25. The van der Waals surface area contributed by atoms with Gasteiger partial charge in [-0.3, -0.25) is 0 Å². The highest BCUT2D eigenvalue weighted by atomic mass is 32.2. The van der Waals surface area contributed by atoms with Crippen LogP contribution < -0.4 is 4.74 Å². The number of hydrogen-bond donors (Lipinski definition) is 0. The normalized spacial score (nSPS) is 15.1. The summed E-state index contributed by atoms with van der Waals surface area (Å²) in [5, 5.41) is 0. The quantitative estimate of drug-likeness (QED) is 0.666. The van der Waals surface area contributed by atoms with E-state index in [1.807, 2.05) is 0 Å². The molecule has 1 aliphatic rings. The molecule has 1 fully saturated rings. The van der Waals surface area contributed by atoms with Crippen LogP contribution in [0.5, 0.6) is 5.75 Å². The molecule has 6 nitrogen and oxygen atoms in total.